The summed E-state index contributed by atoms with van der Waals surface area (Å²) in [5.41, 5.74) is 1.25. The molecule has 198 valence electrons. The van der Waals surface area contributed by atoms with Crippen molar-refractivity contribution in [1.29, 1.82) is 0 Å². The number of nitrogens with zero attached hydrogens (tertiary/aromatic N) is 2. The molecule has 2 heterocycles. The SMILES string of the molecule is COC(=O)[C@@]1(O)CC(=O)N(C)C/C=C/CCCN2CCCCc3cc(Cl)ccc3COc3ccc1cc32. The van der Waals surface area contributed by atoms with Crippen molar-refractivity contribution in [2.45, 2.75) is 50.7 Å². The second kappa shape index (κ2) is 12.0. The van der Waals surface area contributed by atoms with Gasteiger partial charge in [-0.05, 0) is 73.1 Å². The van der Waals surface area contributed by atoms with Gasteiger partial charge >= 0.3 is 5.97 Å². The largest absolute Gasteiger partial charge is 0.487 e. The first-order valence-electron chi connectivity index (χ1n) is 12.8. The number of anilines is 1. The number of likely N-dealkylation sites (N-methyl/N-ethyl adjacent to an activating group) is 1. The maximum absolute atomic E-state index is 13.0. The van der Waals surface area contributed by atoms with Crippen molar-refractivity contribution in [2.24, 2.45) is 0 Å². The van der Waals surface area contributed by atoms with Gasteiger partial charge in [0.05, 0.1) is 19.2 Å². The molecule has 2 aliphatic rings. The number of allylic oxidation sites excluding steroid dienone is 1. The molecule has 0 saturated carbocycles. The molecule has 1 atom stereocenters. The van der Waals surface area contributed by atoms with Crippen LogP contribution in [-0.4, -0.2) is 55.7 Å². The van der Waals surface area contributed by atoms with Gasteiger partial charge < -0.3 is 24.4 Å². The molecule has 7 nitrogen and oxygen atoms in total. The minimum atomic E-state index is -2.12. The van der Waals surface area contributed by atoms with Crippen LogP contribution < -0.4 is 9.64 Å². The van der Waals surface area contributed by atoms with Crippen molar-refractivity contribution < 1.29 is 24.2 Å². The average molecular weight is 527 g/mol. The summed E-state index contributed by atoms with van der Waals surface area (Å²) in [6.45, 7) is 2.36. The maximum Gasteiger partial charge on any atom is 0.343 e. The number of carbonyl (C=O) groups excluding carboxylic acids is 2. The fourth-order valence-corrected chi connectivity index (χ4v) is 5.10. The van der Waals surface area contributed by atoms with Gasteiger partial charge in [0.1, 0.15) is 12.4 Å². The number of methoxy groups -OCH3 is 1. The summed E-state index contributed by atoms with van der Waals surface area (Å²) >= 11 is 6.27. The first-order chi connectivity index (χ1) is 17.8. The minimum absolute atomic E-state index is 0.308. The van der Waals surface area contributed by atoms with E-state index in [1.807, 2.05) is 24.3 Å². The zero-order valence-electron chi connectivity index (χ0n) is 21.5. The quantitative estimate of drug-likeness (QED) is 0.431. The number of carbonyl (C=O) groups is 2. The topological polar surface area (TPSA) is 79.3 Å². The number of rotatable bonds is 1. The third-order valence-corrected chi connectivity index (χ3v) is 7.39. The summed E-state index contributed by atoms with van der Waals surface area (Å²) in [5, 5.41) is 12.3. The van der Waals surface area contributed by atoms with Gasteiger partial charge in [0, 0.05) is 31.7 Å². The number of ether oxygens (including phenoxy) is 2. The Morgan fingerprint density at radius 3 is 2.70 bits per heavy atom. The van der Waals surface area contributed by atoms with E-state index in [0.717, 1.165) is 56.4 Å². The second-order valence-electron chi connectivity index (χ2n) is 9.74. The number of hydrogen-bond acceptors (Lipinski definition) is 6. The second-order valence-corrected chi connectivity index (χ2v) is 10.2. The number of aryl methyl sites for hydroxylation is 1. The summed E-state index contributed by atoms with van der Waals surface area (Å²) in [6, 6.07) is 11.1. The first-order valence-corrected chi connectivity index (χ1v) is 13.2. The molecule has 0 unspecified atom stereocenters. The molecule has 2 aromatic rings. The molecule has 8 heteroatoms. The Hall–Kier alpha value is -3.03. The molecule has 2 bridgehead atoms. The molecule has 2 aromatic carbocycles. The molecule has 1 N–H and O–H groups in total. The van der Waals surface area contributed by atoms with Crippen molar-refractivity contribution >= 4 is 29.2 Å². The number of fused-ring (bicyclic) bond motifs is 2. The van der Waals surface area contributed by atoms with Gasteiger partial charge in [-0.25, -0.2) is 4.79 Å². The summed E-state index contributed by atoms with van der Waals surface area (Å²) in [5.74, 6) is -0.564. The van der Waals surface area contributed by atoms with Gasteiger partial charge in [0.25, 0.3) is 0 Å². The van der Waals surface area contributed by atoms with Crippen LogP contribution in [0.5, 0.6) is 5.75 Å². The van der Waals surface area contributed by atoms with Gasteiger partial charge in [-0.1, -0.05) is 35.9 Å². The van der Waals surface area contributed by atoms with E-state index in [1.54, 1.807) is 25.2 Å². The summed E-state index contributed by atoms with van der Waals surface area (Å²) in [7, 11) is 2.87. The number of benzene rings is 2. The van der Waals surface area contributed by atoms with E-state index in [0.29, 0.717) is 29.5 Å². The lowest BCUT2D eigenvalue weighted by atomic mass is 9.89. The van der Waals surface area contributed by atoms with E-state index >= 15 is 0 Å². The number of esters is 1. The highest BCUT2D eigenvalue weighted by Gasteiger charge is 2.43. The highest BCUT2D eigenvalue weighted by atomic mass is 35.5. The maximum atomic E-state index is 13.0. The van der Waals surface area contributed by atoms with E-state index in [-0.39, 0.29) is 5.91 Å². The Balaban J connectivity index is 1.79. The summed E-state index contributed by atoms with van der Waals surface area (Å²) < 4.78 is 11.3. The standard InChI is InChI=1S/C29H35ClN2O5/c1-31-14-6-3-4-7-15-32-16-8-5-9-21-17-24(30)12-10-22(21)20-37-26-13-11-23(18-25(26)32)29(35,19-27(31)33)28(34)36-2/h3,6,10-13,17-18,35H,4-5,7-9,14-16,19-20H2,1-2H3/b6-3+/t29-/m1/s1. The van der Waals surface area contributed by atoms with Crippen LogP contribution in [0.1, 0.15) is 48.8 Å². The van der Waals surface area contributed by atoms with Crippen LogP contribution in [0.3, 0.4) is 0 Å². The predicted molar refractivity (Wildman–Crippen MR) is 144 cm³/mol. The molecule has 0 saturated heterocycles. The molecular formula is C29H35ClN2O5. The Morgan fingerprint density at radius 1 is 1.08 bits per heavy atom. The lowest BCUT2D eigenvalue weighted by Crippen LogP contribution is -2.42. The van der Waals surface area contributed by atoms with E-state index in [1.165, 1.54) is 17.6 Å². The fourth-order valence-electron chi connectivity index (χ4n) is 4.91. The Morgan fingerprint density at radius 2 is 1.89 bits per heavy atom. The monoisotopic (exact) mass is 526 g/mol. The Kier molecular flexibility index (Phi) is 8.77. The summed E-state index contributed by atoms with van der Waals surface area (Å²) in [4.78, 5) is 29.6. The van der Waals surface area contributed by atoms with E-state index in [2.05, 4.69) is 11.0 Å². The van der Waals surface area contributed by atoms with E-state index in [4.69, 9.17) is 21.1 Å². The zero-order chi connectivity index (χ0) is 26.4. The van der Waals surface area contributed by atoms with Crippen LogP contribution >= 0.6 is 11.6 Å². The van der Waals surface area contributed by atoms with Crippen LogP contribution in [0.4, 0.5) is 5.69 Å². The number of aliphatic hydroxyl groups is 1. The zero-order valence-corrected chi connectivity index (χ0v) is 22.3. The lowest BCUT2D eigenvalue weighted by molar-refractivity contribution is -0.167. The van der Waals surface area contributed by atoms with Gasteiger partial charge in [0.15, 0.2) is 5.60 Å². The van der Waals surface area contributed by atoms with Gasteiger partial charge in [-0.3, -0.25) is 4.79 Å². The minimum Gasteiger partial charge on any atom is -0.487 e. The molecule has 1 amide bonds. The number of hydrogen-bond donors (Lipinski definition) is 1. The van der Waals surface area contributed by atoms with Gasteiger partial charge in [-0.2, -0.15) is 0 Å². The van der Waals surface area contributed by atoms with Crippen molar-refractivity contribution in [2.75, 3.05) is 38.7 Å². The van der Waals surface area contributed by atoms with Crippen molar-refractivity contribution in [3.63, 3.8) is 0 Å². The molecule has 2 aliphatic heterocycles. The van der Waals surface area contributed by atoms with Crippen LogP contribution in [0, 0.1) is 0 Å². The normalized spacial score (nSPS) is 22.1. The Labute approximate surface area is 223 Å². The molecule has 0 fully saturated rings. The third-order valence-electron chi connectivity index (χ3n) is 7.15. The van der Waals surface area contributed by atoms with E-state index < -0.39 is 18.0 Å². The smallest absolute Gasteiger partial charge is 0.343 e. The van der Waals surface area contributed by atoms with Crippen LogP contribution in [0.25, 0.3) is 0 Å². The highest BCUT2D eigenvalue weighted by molar-refractivity contribution is 6.30. The number of amides is 1. The summed E-state index contributed by atoms with van der Waals surface area (Å²) in [6.07, 6.45) is 8.25. The number of halogens is 1. The van der Waals surface area contributed by atoms with Crippen LogP contribution in [0.15, 0.2) is 48.6 Å². The van der Waals surface area contributed by atoms with Gasteiger partial charge in [-0.15, -0.1) is 0 Å². The fraction of sp³-hybridized carbons (Fsp3) is 0.448. The third kappa shape index (κ3) is 6.28. The van der Waals surface area contributed by atoms with Crippen molar-refractivity contribution in [3.05, 3.63) is 70.3 Å². The van der Waals surface area contributed by atoms with Gasteiger partial charge in [0.2, 0.25) is 5.91 Å². The van der Waals surface area contributed by atoms with Crippen molar-refractivity contribution in [1.82, 2.24) is 4.90 Å². The predicted octanol–water partition coefficient (Wildman–Crippen LogP) is 4.62. The van der Waals surface area contributed by atoms with Crippen LogP contribution in [0.2, 0.25) is 5.02 Å². The van der Waals surface area contributed by atoms with Crippen LogP contribution in [-0.2, 0) is 33.0 Å². The molecule has 0 aromatic heterocycles. The highest BCUT2D eigenvalue weighted by Crippen LogP contribution is 2.37. The lowest BCUT2D eigenvalue weighted by Gasteiger charge is -2.31. The molecule has 0 spiro atoms. The molecule has 4 rings (SSSR count). The van der Waals surface area contributed by atoms with E-state index in [9.17, 15) is 14.7 Å². The first kappa shape index (κ1) is 27.0. The molecule has 0 radical (unpaired) electrons. The Bertz CT molecular complexity index is 1170. The average Bonchev–Trinajstić information content (AvgIpc) is 2.92. The molecule has 0 aliphatic carbocycles. The molecular weight excluding hydrogens is 492 g/mol. The molecule has 37 heavy (non-hydrogen) atoms. The van der Waals surface area contributed by atoms with Crippen molar-refractivity contribution in [3.8, 4) is 5.75 Å².